The van der Waals surface area contributed by atoms with E-state index in [9.17, 15) is 9.59 Å². The van der Waals surface area contributed by atoms with Gasteiger partial charge in [-0.25, -0.2) is 19.7 Å². The fourth-order valence-electron chi connectivity index (χ4n) is 3.96. The number of hydrogen-bond acceptors (Lipinski definition) is 8. The number of amides is 2. The topological polar surface area (TPSA) is 78.9 Å². The highest BCUT2D eigenvalue weighted by atomic mass is 35.5. The zero-order valence-corrected chi connectivity index (χ0v) is 20.1. The van der Waals surface area contributed by atoms with Gasteiger partial charge in [0.25, 0.3) is 5.91 Å². The molecule has 3 aliphatic heterocycles. The van der Waals surface area contributed by atoms with Crippen molar-refractivity contribution in [3.63, 3.8) is 0 Å². The molecule has 5 rings (SSSR count). The molecular formula is C21H22ClN5O3S2. The lowest BCUT2D eigenvalue weighted by atomic mass is 10.2. The molecule has 0 spiro atoms. The average Bonchev–Trinajstić information content (AvgIpc) is 3.05. The number of aromatic nitrogens is 2. The molecule has 0 saturated carbocycles. The molecule has 168 valence electrons. The summed E-state index contributed by atoms with van der Waals surface area (Å²) in [6.45, 7) is 4.71. The van der Waals surface area contributed by atoms with Crippen molar-refractivity contribution in [3.8, 4) is 0 Å². The third-order valence-electron chi connectivity index (χ3n) is 5.74. The lowest BCUT2D eigenvalue weighted by molar-refractivity contribution is -0.115. The number of piperazine rings is 1. The highest BCUT2D eigenvalue weighted by molar-refractivity contribution is 8.10. The standard InChI is InChI=1S/C21H22ClN5O3S2/c1-12-11-14(22)23-18-13(12)3-4-15(24-18)27-19(28)16-17(32-10-9-31-16)20(27)30-21(29)26-7-5-25(2)6-8-26/h3-4,11,20H,5-10H2,1-2H3. The minimum atomic E-state index is -0.826. The van der Waals surface area contributed by atoms with Gasteiger partial charge in [0.1, 0.15) is 11.0 Å². The van der Waals surface area contributed by atoms with Crippen LogP contribution in [0.5, 0.6) is 0 Å². The molecule has 1 saturated heterocycles. The van der Waals surface area contributed by atoms with Crippen molar-refractivity contribution in [1.82, 2.24) is 19.8 Å². The Bertz CT molecular complexity index is 1140. The predicted molar refractivity (Wildman–Crippen MR) is 128 cm³/mol. The fourth-order valence-corrected chi connectivity index (χ4v) is 6.63. The Kier molecular flexibility index (Phi) is 5.96. The third-order valence-corrected chi connectivity index (χ3v) is 8.53. The van der Waals surface area contributed by atoms with Crippen molar-refractivity contribution >= 4 is 64.0 Å². The number of aryl methyl sites for hydroxylation is 1. The van der Waals surface area contributed by atoms with Gasteiger partial charge in [-0.05, 0) is 37.7 Å². The smallest absolute Gasteiger partial charge is 0.412 e. The Hall–Kier alpha value is -2.01. The third kappa shape index (κ3) is 3.93. The summed E-state index contributed by atoms with van der Waals surface area (Å²) < 4.78 is 5.95. The number of halogens is 1. The van der Waals surface area contributed by atoms with Crippen molar-refractivity contribution in [2.45, 2.75) is 13.2 Å². The number of hydrogen-bond donors (Lipinski definition) is 0. The second-order valence-corrected chi connectivity index (χ2v) is 10.5. The van der Waals surface area contributed by atoms with Crippen LogP contribution in [0.1, 0.15) is 5.56 Å². The molecule has 3 aliphatic rings. The maximum Gasteiger partial charge on any atom is 0.412 e. The normalized spacial score (nSPS) is 22.0. The molecule has 2 amide bonds. The number of rotatable bonds is 2. The largest absolute Gasteiger partial charge is 0.420 e. The summed E-state index contributed by atoms with van der Waals surface area (Å²) in [4.78, 5) is 42.0. The van der Waals surface area contributed by atoms with Crippen LogP contribution >= 0.6 is 35.1 Å². The lowest BCUT2D eigenvalue weighted by Gasteiger charge is -2.34. The number of nitrogens with zero attached hydrogens (tertiary/aromatic N) is 5. The molecule has 2 aromatic rings. The van der Waals surface area contributed by atoms with Gasteiger partial charge in [-0.3, -0.25) is 4.79 Å². The van der Waals surface area contributed by atoms with Gasteiger partial charge in [-0.15, -0.1) is 23.5 Å². The quantitative estimate of drug-likeness (QED) is 0.592. The van der Waals surface area contributed by atoms with E-state index in [1.54, 1.807) is 28.8 Å². The molecule has 2 aromatic heterocycles. The molecular weight excluding hydrogens is 470 g/mol. The number of carbonyl (C=O) groups excluding carboxylic acids is 2. The van der Waals surface area contributed by atoms with Crippen LogP contribution in [0.15, 0.2) is 28.0 Å². The number of anilines is 1. The molecule has 1 unspecified atom stereocenters. The van der Waals surface area contributed by atoms with Crippen LogP contribution in [-0.4, -0.2) is 82.7 Å². The van der Waals surface area contributed by atoms with E-state index in [0.29, 0.717) is 34.6 Å². The molecule has 32 heavy (non-hydrogen) atoms. The van der Waals surface area contributed by atoms with E-state index in [4.69, 9.17) is 16.3 Å². The maximum atomic E-state index is 13.4. The molecule has 0 aromatic carbocycles. The van der Waals surface area contributed by atoms with Crippen molar-refractivity contribution in [2.24, 2.45) is 0 Å². The molecule has 8 nitrogen and oxygen atoms in total. The van der Waals surface area contributed by atoms with E-state index < -0.39 is 12.3 Å². The maximum absolute atomic E-state index is 13.4. The summed E-state index contributed by atoms with van der Waals surface area (Å²) in [7, 11) is 2.03. The van der Waals surface area contributed by atoms with Crippen LogP contribution < -0.4 is 4.90 Å². The second-order valence-electron chi connectivity index (χ2n) is 7.89. The van der Waals surface area contributed by atoms with Gasteiger partial charge < -0.3 is 14.5 Å². The molecule has 0 aliphatic carbocycles. The van der Waals surface area contributed by atoms with Crippen LogP contribution in [-0.2, 0) is 9.53 Å². The van der Waals surface area contributed by atoms with Gasteiger partial charge >= 0.3 is 6.09 Å². The Morgan fingerprint density at radius 3 is 2.69 bits per heavy atom. The number of carbonyl (C=O) groups is 2. The first-order valence-electron chi connectivity index (χ1n) is 10.3. The summed E-state index contributed by atoms with van der Waals surface area (Å²) >= 11 is 9.21. The number of pyridine rings is 2. The van der Waals surface area contributed by atoms with Crippen molar-refractivity contribution in [1.29, 1.82) is 0 Å². The highest BCUT2D eigenvalue weighted by Gasteiger charge is 2.45. The number of likely N-dealkylation sites (N-methyl/N-ethyl adjacent to an activating group) is 1. The lowest BCUT2D eigenvalue weighted by Crippen LogP contribution is -2.49. The predicted octanol–water partition coefficient (Wildman–Crippen LogP) is 3.34. The molecule has 1 fully saturated rings. The average molecular weight is 492 g/mol. The van der Waals surface area contributed by atoms with E-state index >= 15 is 0 Å². The summed E-state index contributed by atoms with van der Waals surface area (Å²) in [6, 6.07) is 5.42. The first-order chi connectivity index (χ1) is 15.4. The Balaban J connectivity index is 1.49. The van der Waals surface area contributed by atoms with Gasteiger partial charge in [-0.2, -0.15) is 0 Å². The first-order valence-corrected chi connectivity index (χ1v) is 12.7. The fraction of sp³-hybridized carbons (Fsp3) is 0.429. The van der Waals surface area contributed by atoms with Crippen molar-refractivity contribution in [3.05, 3.63) is 38.7 Å². The molecule has 11 heteroatoms. The first kappa shape index (κ1) is 21.8. The molecule has 5 heterocycles. The van der Waals surface area contributed by atoms with Gasteiger partial charge in [0.2, 0.25) is 6.23 Å². The molecule has 0 bridgehead atoms. The van der Waals surface area contributed by atoms with E-state index in [2.05, 4.69) is 14.9 Å². The van der Waals surface area contributed by atoms with Crippen LogP contribution in [0.3, 0.4) is 0 Å². The van der Waals surface area contributed by atoms with Crippen molar-refractivity contribution < 1.29 is 14.3 Å². The summed E-state index contributed by atoms with van der Waals surface area (Å²) in [5.74, 6) is 1.89. The molecule has 1 atom stereocenters. The van der Waals surface area contributed by atoms with E-state index in [1.807, 2.05) is 20.0 Å². The van der Waals surface area contributed by atoms with Gasteiger partial charge in [-0.1, -0.05) is 11.6 Å². The number of thioether (sulfide) groups is 2. The minimum absolute atomic E-state index is 0.195. The summed E-state index contributed by atoms with van der Waals surface area (Å²) in [5.41, 5.74) is 1.41. The van der Waals surface area contributed by atoms with Crippen LogP contribution in [0.4, 0.5) is 10.6 Å². The van der Waals surface area contributed by atoms with Crippen LogP contribution in [0.25, 0.3) is 11.0 Å². The monoisotopic (exact) mass is 491 g/mol. The van der Waals surface area contributed by atoms with Crippen LogP contribution in [0.2, 0.25) is 5.15 Å². The van der Waals surface area contributed by atoms with E-state index in [1.165, 1.54) is 16.7 Å². The molecule has 0 radical (unpaired) electrons. The second kappa shape index (κ2) is 8.74. The Morgan fingerprint density at radius 1 is 1.16 bits per heavy atom. The van der Waals surface area contributed by atoms with E-state index in [-0.39, 0.29) is 5.91 Å². The van der Waals surface area contributed by atoms with Crippen molar-refractivity contribution in [2.75, 3.05) is 49.6 Å². The number of ether oxygens (including phenoxy) is 1. The Morgan fingerprint density at radius 2 is 1.91 bits per heavy atom. The minimum Gasteiger partial charge on any atom is -0.420 e. The van der Waals surface area contributed by atoms with Gasteiger partial charge in [0.05, 0.1) is 9.81 Å². The molecule has 0 N–H and O–H groups in total. The Labute approximate surface area is 199 Å². The zero-order valence-electron chi connectivity index (χ0n) is 17.7. The summed E-state index contributed by atoms with van der Waals surface area (Å²) in [5, 5.41) is 1.20. The summed E-state index contributed by atoms with van der Waals surface area (Å²) in [6.07, 6.45) is -1.24. The van der Waals surface area contributed by atoms with Gasteiger partial charge in [0, 0.05) is 43.1 Å². The number of fused-ring (bicyclic) bond motifs is 1. The zero-order chi connectivity index (χ0) is 22.4. The van der Waals surface area contributed by atoms with Crippen LogP contribution in [0, 0.1) is 6.92 Å². The SMILES string of the molecule is Cc1cc(Cl)nc2nc(N3C(=O)C4=C(SCCS4)C3OC(=O)N3CCN(C)CC3)ccc12. The highest BCUT2D eigenvalue weighted by Crippen LogP contribution is 2.45. The van der Waals surface area contributed by atoms with Gasteiger partial charge in [0.15, 0.2) is 5.65 Å². The van der Waals surface area contributed by atoms with E-state index in [0.717, 1.165) is 40.5 Å².